The topological polar surface area (TPSA) is 56.4 Å². The van der Waals surface area contributed by atoms with Crippen molar-refractivity contribution in [3.63, 3.8) is 0 Å². The Kier molecular flexibility index (Phi) is 5.80. The number of H-pyrrole nitrogens is 1. The van der Waals surface area contributed by atoms with Gasteiger partial charge in [-0.25, -0.2) is 0 Å². The number of nitrogens with one attached hydrogen (secondary N) is 1. The van der Waals surface area contributed by atoms with Crippen LogP contribution in [0.1, 0.15) is 44.6 Å². The average Bonchev–Trinajstić information content (AvgIpc) is 2.82. The fourth-order valence-corrected chi connectivity index (χ4v) is 3.15. The van der Waals surface area contributed by atoms with E-state index in [1.807, 2.05) is 39.9 Å². The minimum absolute atomic E-state index is 0.000474. The number of aromatic nitrogens is 1. The second kappa shape index (κ2) is 7.66. The number of carbonyl (C=O) groups is 2. The predicted octanol–water partition coefficient (Wildman–Crippen LogP) is 3.21. The van der Waals surface area contributed by atoms with Crippen molar-refractivity contribution in [2.45, 2.75) is 27.3 Å². The number of rotatable bonds is 7. The first kappa shape index (κ1) is 18.9. The van der Waals surface area contributed by atoms with E-state index >= 15 is 0 Å². The minimum Gasteiger partial charge on any atom is -0.378 e. The summed E-state index contributed by atoms with van der Waals surface area (Å²) < 4.78 is 0. The molecule has 0 bridgehead atoms. The summed E-state index contributed by atoms with van der Waals surface area (Å²) in [5, 5.41) is 0. The van der Waals surface area contributed by atoms with E-state index in [0.29, 0.717) is 24.3 Å². The smallest absolute Gasteiger partial charge is 0.193 e. The summed E-state index contributed by atoms with van der Waals surface area (Å²) >= 11 is 0. The molecule has 0 radical (unpaired) electrons. The molecule has 0 atom stereocenters. The monoisotopic (exact) mass is 341 g/mol. The molecule has 0 amide bonds. The third-order valence-electron chi connectivity index (χ3n) is 4.39. The SMILES string of the molecule is CC(=O)c1c(C)[nH]c(C(=O)CN(C)Cc2ccc(N(C)C)cc2)c1C. The Labute approximate surface area is 149 Å². The quantitative estimate of drug-likeness (QED) is 0.786. The number of Topliss-reactive ketones (excluding diaryl/α,β-unsaturated/α-hetero) is 2. The van der Waals surface area contributed by atoms with E-state index in [1.165, 1.54) is 6.92 Å². The van der Waals surface area contributed by atoms with Crippen LogP contribution in [-0.4, -0.2) is 49.1 Å². The number of aryl methyl sites for hydroxylation is 1. The van der Waals surface area contributed by atoms with E-state index in [0.717, 1.165) is 22.5 Å². The van der Waals surface area contributed by atoms with E-state index in [4.69, 9.17) is 0 Å². The van der Waals surface area contributed by atoms with E-state index < -0.39 is 0 Å². The zero-order valence-corrected chi connectivity index (χ0v) is 15.9. The van der Waals surface area contributed by atoms with Crippen molar-refractivity contribution in [3.8, 4) is 0 Å². The zero-order valence-electron chi connectivity index (χ0n) is 15.9. The molecule has 0 unspecified atom stereocenters. The molecular formula is C20H27N3O2. The van der Waals surface area contributed by atoms with Crippen molar-refractivity contribution in [1.82, 2.24) is 9.88 Å². The van der Waals surface area contributed by atoms with Gasteiger partial charge < -0.3 is 9.88 Å². The number of nitrogens with zero attached hydrogens (tertiary/aromatic N) is 2. The molecule has 1 aromatic carbocycles. The van der Waals surface area contributed by atoms with E-state index in [9.17, 15) is 9.59 Å². The molecule has 25 heavy (non-hydrogen) atoms. The molecule has 0 aliphatic rings. The lowest BCUT2D eigenvalue weighted by Crippen LogP contribution is -2.26. The molecule has 1 aromatic heterocycles. The highest BCUT2D eigenvalue weighted by Gasteiger charge is 2.20. The lowest BCUT2D eigenvalue weighted by molar-refractivity contribution is 0.0938. The van der Waals surface area contributed by atoms with Gasteiger partial charge in [-0.1, -0.05) is 12.1 Å². The zero-order chi connectivity index (χ0) is 18.7. The van der Waals surface area contributed by atoms with E-state index in [-0.39, 0.29) is 11.6 Å². The first-order valence-corrected chi connectivity index (χ1v) is 8.38. The van der Waals surface area contributed by atoms with Crippen molar-refractivity contribution < 1.29 is 9.59 Å². The summed E-state index contributed by atoms with van der Waals surface area (Å²) in [6, 6.07) is 8.30. The second-order valence-corrected chi connectivity index (χ2v) is 6.84. The van der Waals surface area contributed by atoms with Gasteiger partial charge in [0, 0.05) is 37.6 Å². The fourth-order valence-electron chi connectivity index (χ4n) is 3.15. The van der Waals surface area contributed by atoms with E-state index in [1.54, 1.807) is 0 Å². The molecule has 134 valence electrons. The third-order valence-corrected chi connectivity index (χ3v) is 4.39. The Hall–Kier alpha value is -2.40. The van der Waals surface area contributed by atoms with Crippen molar-refractivity contribution in [2.24, 2.45) is 0 Å². The van der Waals surface area contributed by atoms with Gasteiger partial charge >= 0.3 is 0 Å². The van der Waals surface area contributed by atoms with Crippen molar-refractivity contribution in [1.29, 1.82) is 0 Å². The van der Waals surface area contributed by atoms with Crippen LogP contribution in [0.5, 0.6) is 0 Å². The van der Waals surface area contributed by atoms with Crippen molar-refractivity contribution in [2.75, 3.05) is 32.6 Å². The van der Waals surface area contributed by atoms with Gasteiger partial charge in [-0.2, -0.15) is 0 Å². The minimum atomic E-state index is -0.0142. The van der Waals surface area contributed by atoms with Gasteiger partial charge in [-0.3, -0.25) is 14.5 Å². The molecule has 0 spiro atoms. The van der Waals surface area contributed by atoms with Crippen LogP contribution >= 0.6 is 0 Å². The maximum absolute atomic E-state index is 12.6. The molecular weight excluding hydrogens is 314 g/mol. The molecule has 2 rings (SSSR count). The largest absolute Gasteiger partial charge is 0.378 e. The molecule has 0 aliphatic heterocycles. The Morgan fingerprint density at radius 2 is 1.64 bits per heavy atom. The summed E-state index contributed by atoms with van der Waals surface area (Å²) in [4.78, 5) is 31.4. The van der Waals surface area contributed by atoms with Gasteiger partial charge in [0.25, 0.3) is 0 Å². The van der Waals surface area contributed by atoms with Crippen LogP contribution in [0.3, 0.4) is 0 Å². The number of hydrogen-bond acceptors (Lipinski definition) is 4. The van der Waals surface area contributed by atoms with Crippen LogP contribution < -0.4 is 4.90 Å². The molecule has 5 heteroatoms. The maximum atomic E-state index is 12.6. The lowest BCUT2D eigenvalue weighted by atomic mass is 10.1. The van der Waals surface area contributed by atoms with Crippen LogP contribution in [0, 0.1) is 13.8 Å². The highest BCUT2D eigenvalue weighted by atomic mass is 16.1. The number of ketones is 2. The molecule has 0 fully saturated rings. The molecule has 0 aliphatic carbocycles. The summed E-state index contributed by atoms with van der Waals surface area (Å²) in [6.07, 6.45) is 0. The molecule has 1 heterocycles. The highest BCUT2D eigenvalue weighted by molar-refractivity contribution is 6.03. The number of hydrogen-bond donors (Lipinski definition) is 1. The van der Waals surface area contributed by atoms with Crippen LogP contribution in [0.4, 0.5) is 5.69 Å². The standard InChI is InChI=1S/C20H27N3O2/c1-13-19(15(3)24)14(2)21-20(13)18(25)12-23(6)11-16-7-9-17(10-8-16)22(4)5/h7-10,21H,11-12H2,1-6H3. The van der Waals surface area contributed by atoms with Crippen LogP contribution in [-0.2, 0) is 6.54 Å². The molecule has 1 N–H and O–H groups in total. The van der Waals surface area contributed by atoms with Gasteiger partial charge in [-0.05, 0) is 51.1 Å². The normalized spacial score (nSPS) is 11.0. The summed E-state index contributed by atoms with van der Waals surface area (Å²) in [5.74, 6) is -0.0138. The highest BCUT2D eigenvalue weighted by Crippen LogP contribution is 2.19. The second-order valence-electron chi connectivity index (χ2n) is 6.84. The Bertz CT molecular complexity index is 773. The molecule has 5 nitrogen and oxygen atoms in total. The first-order chi connectivity index (χ1) is 11.7. The van der Waals surface area contributed by atoms with E-state index in [2.05, 4.69) is 34.1 Å². The Balaban J connectivity index is 2.05. The molecule has 0 saturated heterocycles. The number of aromatic amines is 1. The van der Waals surface area contributed by atoms with Crippen molar-refractivity contribution >= 4 is 17.3 Å². The van der Waals surface area contributed by atoms with Crippen LogP contribution in [0.2, 0.25) is 0 Å². The fraction of sp³-hybridized carbons (Fsp3) is 0.400. The van der Waals surface area contributed by atoms with Gasteiger partial charge in [0.2, 0.25) is 0 Å². The average molecular weight is 341 g/mol. The summed E-state index contributed by atoms with van der Waals surface area (Å²) in [5.41, 5.74) is 4.98. The van der Waals surface area contributed by atoms with Crippen molar-refractivity contribution in [3.05, 3.63) is 52.3 Å². The van der Waals surface area contributed by atoms with Crippen LogP contribution in [0.25, 0.3) is 0 Å². The maximum Gasteiger partial charge on any atom is 0.193 e. The van der Waals surface area contributed by atoms with Gasteiger partial charge in [0.15, 0.2) is 11.6 Å². The Morgan fingerprint density at radius 3 is 2.12 bits per heavy atom. The number of likely N-dealkylation sites (N-methyl/N-ethyl adjacent to an activating group) is 1. The first-order valence-electron chi connectivity index (χ1n) is 8.38. The molecule has 0 saturated carbocycles. The summed E-state index contributed by atoms with van der Waals surface area (Å²) in [6.45, 7) is 6.18. The number of anilines is 1. The predicted molar refractivity (Wildman–Crippen MR) is 102 cm³/mol. The van der Waals surface area contributed by atoms with Crippen LogP contribution in [0.15, 0.2) is 24.3 Å². The van der Waals surface area contributed by atoms with Gasteiger partial charge in [-0.15, -0.1) is 0 Å². The van der Waals surface area contributed by atoms with Gasteiger partial charge in [0.1, 0.15) is 0 Å². The summed E-state index contributed by atoms with van der Waals surface area (Å²) in [7, 11) is 5.94. The number of carbonyl (C=O) groups excluding carboxylic acids is 2. The molecule has 2 aromatic rings. The van der Waals surface area contributed by atoms with Gasteiger partial charge in [0.05, 0.1) is 12.2 Å². The third kappa shape index (κ3) is 4.37. The Morgan fingerprint density at radius 1 is 1.04 bits per heavy atom. The lowest BCUT2D eigenvalue weighted by Gasteiger charge is -2.17. The number of benzene rings is 1.